The van der Waals surface area contributed by atoms with Gasteiger partial charge < -0.3 is 4.42 Å². The Morgan fingerprint density at radius 1 is 1.15 bits per heavy atom. The molecule has 0 fully saturated rings. The highest BCUT2D eigenvalue weighted by atomic mass is 16.3. The lowest BCUT2D eigenvalue weighted by atomic mass is 9.96. The van der Waals surface area contributed by atoms with Gasteiger partial charge in [-0.15, -0.1) is 0 Å². The molecule has 0 bridgehead atoms. The lowest BCUT2D eigenvalue weighted by molar-refractivity contribution is 0.0971. The smallest absolute Gasteiger partial charge is 0.195 e. The third-order valence-electron chi connectivity index (χ3n) is 3.63. The molecule has 0 radical (unpaired) electrons. The summed E-state index contributed by atoms with van der Waals surface area (Å²) in [7, 11) is 0. The monoisotopic (exact) mass is 264 g/mol. The summed E-state index contributed by atoms with van der Waals surface area (Å²) < 4.78 is 5.76. The van der Waals surface area contributed by atoms with Gasteiger partial charge >= 0.3 is 0 Å². The fourth-order valence-electron chi connectivity index (χ4n) is 2.60. The van der Waals surface area contributed by atoms with Crippen molar-refractivity contribution in [3.8, 4) is 11.6 Å². The molecule has 0 spiro atoms. The van der Waals surface area contributed by atoms with Crippen LogP contribution in [-0.2, 0) is 6.42 Å². The van der Waals surface area contributed by atoms with E-state index in [1.54, 1.807) is 6.20 Å². The van der Waals surface area contributed by atoms with Crippen molar-refractivity contribution in [1.29, 1.82) is 0 Å². The first-order valence-electron chi connectivity index (χ1n) is 6.69. The molecule has 98 valence electrons. The highest BCUT2D eigenvalue weighted by Gasteiger charge is 2.20. The van der Waals surface area contributed by atoms with Crippen LogP contribution in [0.3, 0.4) is 0 Å². The van der Waals surface area contributed by atoms with Crippen molar-refractivity contribution >= 4 is 16.8 Å². The molecule has 0 saturated heterocycles. The van der Waals surface area contributed by atoms with Crippen LogP contribution in [0.2, 0.25) is 0 Å². The molecular formula is C16H12N2O2. The van der Waals surface area contributed by atoms with Crippen molar-refractivity contribution in [1.82, 2.24) is 9.97 Å². The number of aromatic nitrogens is 2. The van der Waals surface area contributed by atoms with Crippen molar-refractivity contribution in [2.24, 2.45) is 0 Å². The summed E-state index contributed by atoms with van der Waals surface area (Å²) in [5, 5.41) is 1.03. The van der Waals surface area contributed by atoms with Crippen LogP contribution in [0.4, 0.5) is 0 Å². The Labute approximate surface area is 115 Å². The highest BCUT2D eigenvalue weighted by molar-refractivity contribution is 5.97. The quantitative estimate of drug-likeness (QED) is 0.675. The van der Waals surface area contributed by atoms with Crippen LogP contribution < -0.4 is 0 Å². The minimum Gasteiger partial charge on any atom is -0.453 e. The Morgan fingerprint density at radius 2 is 2.05 bits per heavy atom. The number of benzene rings is 1. The largest absolute Gasteiger partial charge is 0.453 e. The van der Waals surface area contributed by atoms with Crippen LogP contribution in [0.15, 0.2) is 40.9 Å². The molecule has 0 N–H and O–H groups in total. The van der Waals surface area contributed by atoms with Gasteiger partial charge in [0, 0.05) is 18.0 Å². The average Bonchev–Trinajstić information content (AvgIpc) is 2.91. The minimum atomic E-state index is 0.141. The number of para-hydroxylation sites is 1. The number of aryl methyl sites for hydroxylation is 1. The molecule has 0 unspecified atom stereocenters. The molecule has 4 rings (SSSR count). The number of nitrogens with zero attached hydrogens (tertiary/aromatic N) is 2. The zero-order valence-electron chi connectivity index (χ0n) is 10.8. The van der Waals surface area contributed by atoms with E-state index >= 15 is 0 Å². The van der Waals surface area contributed by atoms with Crippen LogP contribution in [0.1, 0.15) is 28.9 Å². The number of ketones is 1. The van der Waals surface area contributed by atoms with Crippen LogP contribution in [-0.4, -0.2) is 15.8 Å². The maximum atomic E-state index is 11.8. The molecule has 0 aliphatic heterocycles. The number of fused-ring (bicyclic) bond motifs is 2. The van der Waals surface area contributed by atoms with Gasteiger partial charge in [-0.3, -0.25) is 4.79 Å². The lowest BCUT2D eigenvalue weighted by Gasteiger charge is -2.12. The van der Waals surface area contributed by atoms with Crippen molar-refractivity contribution in [2.45, 2.75) is 19.3 Å². The maximum absolute atomic E-state index is 11.8. The second-order valence-corrected chi connectivity index (χ2v) is 4.98. The SMILES string of the molecule is O=C1CCCc2nc(-c3cc4ccccc4o3)ncc21. The lowest BCUT2D eigenvalue weighted by Crippen LogP contribution is -2.13. The third kappa shape index (κ3) is 1.72. The van der Waals surface area contributed by atoms with Crippen molar-refractivity contribution in [3.05, 3.63) is 47.8 Å². The Bertz CT molecular complexity index is 787. The Hall–Kier alpha value is -2.49. The number of rotatable bonds is 1. The first kappa shape index (κ1) is 11.3. The maximum Gasteiger partial charge on any atom is 0.195 e. The van der Waals surface area contributed by atoms with Gasteiger partial charge in [0.1, 0.15) is 5.58 Å². The molecule has 4 nitrogen and oxygen atoms in total. The Kier molecular flexibility index (Phi) is 2.42. The highest BCUT2D eigenvalue weighted by Crippen LogP contribution is 2.27. The number of furan rings is 1. The van der Waals surface area contributed by atoms with Crippen molar-refractivity contribution in [3.63, 3.8) is 0 Å². The number of carbonyl (C=O) groups is 1. The van der Waals surface area contributed by atoms with E-state index in [1.165, 1.54) is 0 Å². The van der Waals surface area contributed by atoms with E-state index in [1.807, 2.05) is 30.3 Å². The number of carbonyl (C=O) groups excluding carboxylic acids is 1. The van der Waals surface area contributed by atoms with E-state index in [0.717, 1.165) is 29.5 Å². The minimum absolute atomic E-state index is 0.141. The fourth-order valence-corrected chi connectivity index (χ4v) is 2.60. The molecule has 3 aromatic rings. The zero-order valence-corrected chi connectivity index (χ0v) is 10.8. The second kappa shape index (κ2) is 4.27. The summed E-state index contributed by atoms with van der Waals surface area (Å²) in [6.07, 6.45) is 3.92. The topological polar surface area (TPSA) is 56.0 Å². The van der Waals surface area contributed by atoms with Gasteiger partial charge in [0.15, 0.2) is 17.4 Å². The van der Waals surface area contributed by atoms with Crippen molar-refractivity contribution < 1.29 is 9.21 Å². The van der Waals surface area contributed by atoms with E-state index in [-0.39, 0.29) is 5.78 Å². The molecule has 0 atom stereocenters. The van der Waals surface area contributed by atoms with E-state index < -0.39 is 0 Å². The van der Waals surface area contributed by atoms with Crippen molar-refractivity contribution in [2.75, 3.05) is 0 Å². The van der Waals surface area contributed by atoms with Gasteiger partial charge in [0.05, 0.1) is 11.3 Å². The van der Waals surface area contributed by atoms with Gasteiger partial charge in [-0.25, -0.2) is 9.97 Å². The van der Waals surface area contributed by atoms with E-state index in [4.69, 9.17) is 4.42 Å². The summed E-state index contributed by atoms with van der Waals surface area (Å²) in [4.78, 5) is 20.6. The molecule has 1 aliphatic rings. The summed E-state index contributed by atoms with van der Waals surface area (Å²) >= 11 is 0. The molecule has 2 aromatic heterocycles. The molecule has 20 heavy (non-hydrogen) atoms. The van der Waals surface area contributed by atoms with Crippen LogP contribution >= 0.6 is 0 Å². The summed E-state index contributed by atoms with van der Waals surface area (Å²) in [6, 6.07) is 9.74. The normalized spacial score (nSPS) is 14.5. The second-order valence-electron chi connectivity index (χ2n) is 4.98. The average molecular weight is 264 g/mol. The van der Waals surface area contributed by atoms with Crippen LogP contribution in [0.5, 0.6) is 0 Å². The van der Waals surface area contributed by atoms with Gasteiger partial charge in [-0.05, 0) is 25.0 Å². The first-order chi connectivity index (χ1) is 9.81. The predicted octanol–water partition coefficient (Wildman–Crippen LogP) is 3.41. The van der Waals surface area contributed by atoms with E-state index in [9.17, 15) is 4.79 Å². The number of Topliss-reactive ketones (excluding diaryl/α,β-unsaturated/α-hetero) is 1. The van der Waals surface area contributed by atoms with Crippen LogP contribution in [0.25, 0.3) is 22.6 Å². The first-order valence-corrected chi connectivity index (χ1v) is 6.69. The molecule has 1 aromatic carbocycles. The summed E-state index contributed by atoms with van der Waals surface area (Å²) in [5.41, 5.74) is 2.32. The fraction of sp³-hybridized carbons (Fsp3) is 0.188. The molecule has 0 amide bonds. The standard InChI is InChI=1S/C16H12N2O2/c19-13-6-3-5-12-11(13)9-17-16(18-12)15-8-10-4-1-2-7-14(10)20-15/h1-2,4,7-9H,3,5-6H2. The molecular weight excluding hydrogens is 252 g/mol. The molecule has 2 heterocycles. The van der Waals surface area contributed by atoms with Gasteiger partial charge in [0.2, 0.25) is 0 Å². The third-order valence-corrected chi connectivity index (χ3v) is 3.63. The predicted molar refractivity (Wildman–Crippen MR) is 74.5 cm³/mol. The molecule has 1 aliphatic carbocycles. The summed E-state index contributed by atoms with van der Waals surface area (Å²) in [6.45, 7) is 0. The van der Waals surface area contributed by atoms with Gasteiger partial charge in [0.25, 0.3) is 0 Å². The van der Waals surface area contributed by atoms with E-state index in [2.05, 4.69) is 9.97 Å². The Balaban J connectivity index is 1.84. The molecule has 0 saturated carbocycles. The van der Waals surface area contributed by atoms with E-state index in [0.29, 0.717) is 23.6 Å². The van der Waals surface area contributed by atoms with Crippen LogP contribution in [0, 0.1) is 0 Å². The number of hydrogen-bond acceptors (Lipinski definition) is 4. The van der Waals surface area contributed by atoms with Gasteiger partial charge in [-0.2, -0.15) is 0 Å². The Morgan fingerprint density at radius 3 is 2.95 bits per heavy atom. The number of hydrogen-bond donors (Lipinski definition) is 0. The zero-order chi connectivity index (χ0) is 13.5. The summed E-state index contributed by atoms with van der Waals surface area (Å²) in [5.74, 6) is 1.34. The van der Waals surface area contributed by atoms with Gasteiger partial charge in [-0.1, -0.05) is 18.2 Å². The molecule has 4 heteroatoms.